The summed E-state index contributed by atoms with van der Waals surface area (Å²) in [6, 6.07) is 7.66. The van der Waals surface area contributed by atoms with Gasteiger partial charge in [-0.2, -0.15) is 0 Å². The van der Waals surface area contributed by atoms with Gasteiger partial charge in [-0.25, -0.2) is 0 Å². The van der Waals surface area contributed by atoms with Gasteiger partial charge in [-0.3, -0.25) is 0 Å². The van der Waals surface area contributed by atoms with Crippen molar-refractivity contribution in [3.63, 3.8) is 0 Å². The molecular formula is C12H12BrClN2S. The van der Waals surface area contributed by atoms with Gasteiger partial charge in [0, 0.05) is 33.1 Å². The minimum atomic E-state index is 0.680. The Bertz CT molecular complexity index is 493. The van der Waals surface area contributed by atoms with Crippen LogP contribution in [0, 0.1) is 0 Å². The Hall–Kier alpha value is -0.550. The summed E-state index contributed by atoms with van der Waals surface area (Å²) >= 11 is 11.2. The number of anilines is 1. The molecule has 0 aliphatic carbocycles. The van der Waals surface area contributed by atoms with Gasteiger partial charge >= 0.3 is 0 Å². The van der Waals surface area contributed by atoms with Crippen molar-refractivity contribution in [2.24, 2.45) is 0 Å². The van der Waals surface area contributed by atoms with E-state index in [1.165, 1.54) is 4.88 Å². The van der Waals surface area contributed by atoms with Gasteiger partial charge in [0.2, 0.25) is 0 Å². The number of rotatable bonds is 4. The summed E-state index contributed by atoms with van der Waals surface area (Å²) in [4.78, 5) is 1.29. The number of nitrogens with two attached hydrogens (primary N) is 1. The lowest BCUT2D eigenvalue weighted by Gasteiger charge is -2.06. The molecular weight excluding hydrogens is 320 g/mol. The van der Waals surface area contributed by atoms with Crippen molar-refractivity contribution in [2.45, 2.75) is 13.1 Å². The molecule has 1 aromatic heterocycles. The Morgan fingerprint density at radius 1 is 1.29 bits per heavy atom. The molecule has 0 saturated heterocycles. The first-order valence-electron chi connectivity index (χ1n) is 5.12. The predicted octanol–water partition coefficient (Wildman–Crippen LogP) is 4.04. The van der Waals surface area contributed by atoms with Crippen molar-refractivity contribution in [3.8, 4) is 0 Å². The highest BCUT2D eigenvalue weighted by atomic mass is 79.9. The Morgan fingerprint density at radius 2 is 2.12 bits per heavy atom. The second-order valence-electron chi connectivity index (χ2n) is 3.69. The van der Waals surface area contributed by atoms with Gasteiger partial charge in [-0.05, 0) is 51.1 Å². The molecule has 1 aromatic carbocycles. The van der Waals surface area contributed by atoms with Crippen molar-refractivity contribution in [3.05, 3.63) is 49.6 Å². The maximum absolute atomic E-state index is 5.94. The van der Waals surface area contributed by atoms with Gasteiger partial charge in [-0.1, -0.05) is 11.6 Å². The van der Waals surface area contributed by atoms with Crippen LogP contribution in [-0.4, -0.2) is 0 Å². The van der Waals surface area contributed by atoms with E-state index in [9.17, 15) is 0 Å². The van der Waals surface area contributed by atoms with Crippen molar-refractivity contribution in [1.29, 1.82) is 0 Å². The summed E-state index contributed by atoms with van der Waals surface area (Å²) in [5, 5.41) is 6.11. The van der Waals surface area contributed by atoms with Crippen LogP contribution >= 0.6 is 38.9 Å². The summed E-state index contributed by atoms with van der Waals surface area (Å²) in [7, 11) is 0. The summed E-state index contributed by atoms with van der Waals surface area (Å²) in [5.74, 6) is 0. The highest BCUT2D eigenvalue weighted by molar-refractivity contribution is 9.10. The van der Waals surface area contributed by atoms with E-state index < -0.39 is 0 Å². The maximum Gasteiger partial charge on any atom is 0.0429 e. The molecule has 0 aliphatic rings. The molecule has 2 aromatic rings. The maximum atomic E-state index is 5.94. The van der Waals surface area contributed by atoms with Crippen molar-refractivity contribution in [2.75, 3.05) is 5.73 Å². The third kappa shape index (κ3) is 3.71. The standard InChI is InChI=1S/C12H12BrClN2S/c13-11-1-2-17-12(11)7-16-6-8-3-9(14)5-10(15)4-8/h1-5,16H,6-7,15H2. The molecule has 2 nitrogen and oxygen atoms in total. The van der Waals surface area contributed by atoms with Crippen LogP contribution in [0.25, 0.3) is 0 Å². The quantitative estimate of drug-likeness (QED) is 0.830. The van der Waals surface area contributed by atoms with Gasteiger partial charge < -0.3 is 11.1 Å². The second kappa shape index (κ2) is 5.87. The molecule has 3 N–H and O–H groups in total. The number of halogens is 2. The first-order valence-corrected chi connectivity index (χ1v) is 7.18. The minimum absolute atomic E-state index is 0.680. The predicted molar refractivity (Wildman–Crippen MR) is 78.4 cm³/mol. The molecule has 0 bridgehead atoms. The first kappa shape index (κ1) is 12.9. The van der Waals surface area contributed by atoms with Gasteiger partial charge in [0.15, 0.2) is 0 Å². The lowest BCUT2D eigenvalue weighted by molar-refractivity contribution is 0.700. The van der Waals surface area contributed by atoms with Crippen LogP contribution in [0.3, 0.4) is 0 Å². The first-order chi connectivity index (χ1) is 8.15. The van der Waals surface area contributed by atoms with Crippen molar-refractivity contribution < 1.29 is 0 Å². The van der Waals surface area contributed by atoms with E-state index in [-0.39, 0.29) is 0 Å². The van der Waals surface area contributed by atoms with Gasteiger partial charge in [0.1, 0.15) is 0 Å². The molecule has 5 heteroatoms. The lowest BCUT2D eigenvalue weighted by Crippen LogP contribution is -2.12. The lowest BCUT2D eigenvalue weighted by atomic mass is 10.2. The zero-order valence-electron chi connectivity index (χ0n) is 9.04. The fourth-order valence-electron chi connectivity index (χ4n) is 1.55. The van der Waals surface area contributed by atoms with Gasteiger partial charge in [0.25, 0.3) is 0 Å². The molecule has 2 rings (SSSR count). The SMILES string of the molecule is Nc1cc(Cl)cc(CNCc2sccc2Br)c1. The average molecular weight is 332 g/mol. The van der Waals surface area contributed by atoms with E-state index in [2.05, 4.69) is 32.7 Å². The van der Waals surface area contributed by atoms with E-state index >= 15 is 0 Å². The largest absolute Gasteiger partial charge is 0.399 e. The van der Waals surface area contributed by atoms with Crippen LogP contribution in [0.4, 0.5) is 5.69 Å². The highest BCUT2D eigenvalue weighted by Crippen LogP contribution is 2.22. The Kier molecular flexibility index (Phi) is 4.45. The van der Waals surface area contributed by atoms with Gasteiger partial charge in [0.05, 0.1) is 0 Å². The number of hydrogen-bond donors (Lipinski definition) is 2. The van der Waals surface area contributed by atoms with Gasteiger partial charge in [-0.15, -0.1) is 11.3 Å². The summed E-state index contributed by atoms with van der Waals surface area (Å²) in [5.41, 5.74) is 7.53. The third-order valence-corrected chi connectivity index (χ3v) is 4.43. The monoisotopic (exact) mass is 330 g/mol. The molecule has 0 spiro atoms. The minimum Gasteiger partial charge on any atom is -0.399 e. The van der Waals surface area contributed by atoms with Crippen molar-refractivity contribution in [1.82, 2.24) is 5.32 Å². The van der Waals surface area contributed by atoms with Crippen LogP contribution in [0.1, 0.15) is 10.4 Å². The molecule has 0 saturated carbocycles. The van der Waals surface area contributed by atoms with Crippen molar-refractivity contribution >= 4 is 44.6 Å². The summed E-state index contributed by atoms with van der Waals surface area (Å²) in [6.07, 6.45) is 0. The Labute approximate surface area is 118 Å². The molecule has 0 amide bonds. The molecule has 0 aliphatic heterocycles. The van der Waals surface area contributed by atoms with E-state index in [1.807, 2.05) is 12.1 Å². The van der Waals surface area contributed by atoms with E-state index in [1.54, 1.807) is 17.4 Å². The number of hydrogen-bond acceptors (Lipinski definition) is 3. The molecule has 0 atom stereocenters. The molecule has 0 radical (unpaired) electrons. The smallest absolute Gasteiger partial charge is 0.0429 e. The molecule has 17 heavy (non-hydrogen) atoms. The van der Waals surface area contributed by atoms with Crippen LogP contribution in [0.2, 0.25) is 5.02 Å². The Balaban J connectivity index is 1.92. The Morgan fingerprint density at radius 3 is 2.76 bits per heavy atom. The zero-order chi connectivity index (χ0) is 12.3. The van der Waals surface area contributed by atoms with E-state index in [0.29, 0.717) is 10.7 Å². The van der Waals surface area contributed by atoms with Crippen LogP contribution in [0.15, 0.2) is 34.1 Å². The number of thiophene rings is 1. The van der Waals surface area contributed by atoms with E-state index in [4.69, 9.17) is 17.3 Å². The molecule has 1 heterocycles. The van der Waals surface area contributed by atoms with Crippen LogP contribution in [0.5, 0.6) is 0 Å². The number of nitrogens with one attached hydrogen (secondary N) is 1. The average Bonchev–Trinajstić information content (AvgIpc) is 2.63. The summed E-state index contributed by atoms with van der Waals surface area (Å²) < 4.78 is 1.15. The van der Waals surface area contributed by atoms with E-state index in [0.717, 1.165) is 23.1 Å². The third-order valence-electron chi connectivity index (χ3n) is 2.29. The topological polar surface area (TPSA) is 38.0 Å². The molecule has 0 unspecified atom stereocenters. The second-order valence-corrected chi connectivity index (χ2v) is 5.98. The highest BCUT2D eigenvalue weighted by Gasteiger charge is 2.01. The van der Waals surface area contributed by atoms with Crippen LogP contribution in [-0.2, 0) is 13.1 Å². The number of benzene rings is 1. The normalized spacial score (nSPS) is 10.7. The fourth-order valence-corrected chi connectivity index (χ4v) is 3.28. The molecule has 90 valence electrons. The molecule has 0 fully saturated rings. The van der Waals surface area contributed by atoms with Crippen LogP contribution < -0.4 is 11.1 Å². The number of nitrogen functional groups attached to an aromatic ring is 1. The summed E-state index contributed by atoms with van der Waals surface area (Å²) in [6.45, 7) is 1.60. The zero-order valence-corrected chi connectivity index (χ0v) is 12.2. The fraction of sp³-hybridized carbons (Fsp3) is 0.167.